The summed E-state index contributed by atoms with van der Waals surface area (Å²) < 4.78 is 11.3. The number of thiazole rings is 1. The highest BCUT2D eigenvalue weighted by Crippen LogP contribution is 2.12. The Kier molecular flexibility index (Phi) is 9.12. The number of nitrogens with one attached hydrogen (secondary N) is 2. The van der Waals surface area contributed by atoms with E-state index in [9.17, 15) is 0 Å². The van der Waals surface area contributed by atoms with Crippen molar-refractivity contribution in [2.75, 3.05) is 26.3 Å². The van der Waals surface area contributed by atoms with Crippen LogP contribution in [0.4, 0.5) is 0 Å². The zero-order valence-electron chi connectivity index (χ0n) is 18.0. The van der Waals surface area contributed by atoms with Gasteiger partial charge in [0.05, 0.1) is 11.6 Å². The van der Waals surface area contributed by atoms with Crippen LogP contribution in [-0.2, 0) is 13.0 Å². The molecule has 0 spiro atoms. The zero-order chi connectivity index (χ0) is 21.7. The molecule has 0 saturated carbocycles. The second-order valence-corrected chi connectivity index (χ2v) is 8.07. The van der Waals surface area contributed by atoms with Crippen molar-refractivity contribution in [2.45, 2.75) is 26.8 Å². The summed E-state index contributed by atoms with van der Waals surface area (Å²) in [4.78, 5) is 14.6. The van der Waals surface area contributed by atoms with Gasteiger partial charge in [-0.25, -0.2) is 15.0 Å². The van der Waals surface area contributed by atoms with Crippen LogP contribution in [0.2, 0.25) is 0 Å². The normalized spacial score (nSPS) is 11.2. The quantitative estimate of drug-likeness (QED) is 0.270. The Balaban J connectivity index is 1.40. The van der Waals surface area contributed by atoms with Crippen molar-refractivity contribution in [3.63, 3.8) is 0 Å². The van der Waals surface area contributed by atoms with E-state index in [0.29, 0.717) is 25.6 Å². The topological polar surface area (TPSA) is 80.7 Å². The first-order valence-corrected chi connectivity index (χ1v) is 11.2. The van der Waals surface area contributed by atoms with Gasteiger partial charge in [-0.1, -0.05) is 24.3 Å². The third-order valence-corrected chi connectivity index (χ3v) is 5.18. The Hall–Kier alpha value is -3.13. The van der Waals surface area contributed by atoms with Crippen molar-refractivity contribution in [3.05, 3.63) is 70.3 Å². The summed E-state index contributed by atoms with van der Waals surface area (Å²) >= 11 is 1.73. The van der Waals surface area contributed by atoms with Crippen LogP contribution in [0.15, 0.2) is 59.9 Å². The van der Waals surface area contributed by atoms with E-state index >= 15 is 0 Å². The van der Waals surface area contributed by atoms with E-state index in [-0.39, 0.29) is 0 Å². The molecule has 0 fully saturated rings. The predicted molar refractivity (Wildman–Crippen MR) is 125 cm³/mol. The largest absolute Gasteiger partial charge is 0.490 e. The summed E-state index contributed by atoms with van der Waals surface area (Å²) in [5.74, 6) is 2.20. The lowest BCUT2D eigenvalue weighted by Gasteiger charge is -2.11. The SMILES string of the molecule is CCNC(=NCc1ccc(OCCOc2ccccc2)nc1)NCCc1ncc(C)s1. The van der Waals surface area contributed by atoms with Crippen molar-refractivity contribution in [1.82, 2.24) is 20.6 Å². The maximum Gasteiger partial charge on any atom is 0.213 e. The van der Waals surface area contributed by atoms with Gasteiger partial charge in [0.15, 0.2) is 5.96 Å². The molecule has 0 saturated heterocycles. The number of hydrogen-bond acceptors (Lipinski definition) is 6. The molecule has 0 amide bonds. The molecule has 8 heteroatoms. The van der Waals surface area contributed by atoms with E-state index in [2.05, 4.69) is 39.4 Å². The Morgan fingerprint density at radius 2 is 1.84 bits per heavy atom. The van der Waals surface area contributed by atoms with Crippen LogP contribution in [0.5, 0.6) is 11.6 Å². The lowest BCUT2D eigenvalue weighted by molar-refractivity contribution is 0.212. The number of nitrogens with zero attached hydrogens (tertiary/aromatic N) is 3. The van der Waals surface area contributed by atoms with Crippen LogP contribution in [0.1, 0.15) is 22.4 Å². The average molecular weight is 440 g/mol. The molecule has 1 aromatic carbocycles. The molecule has 7 nitrogen and oxygen atoms in total. The molecule has 31 heavy (non-hydrogen) atoms. The first kappa shape index (κ1) is 22.6. The molecular weight excluding hydrogens is 410 g/mol. The van der Waals surface area contributed by atoms with Crippen LogP contribution in [0.25, 0.3) is 0 Å². The van der Waals surface area contributed by atoms with Crippen LogP contribution in [-0.4, -0.2) is 42.2 Å². The molecule has 0 bridgehead atoms. The van der Waals surface area contributed by atoms with Gasteiger partial charge in [-0.15, -0.1) is 11.3 Å². The molecule has 164 valence electrons. The van der Waals surface area contributed by atoms with Crippen LogP contribution in [0, 0.1) is 6.92 Å². The fourth-order valence-electron chi connectivity index (χ4n) is 2.73. The van der Waals surface area contributed by atoms with Crippen LogP contribution >= 0.6 is 11.3 Å². The highest BCUT2D eigenvalue weighted by atomic mass is 32.1. The predicted octanol–water partition coefficient (Wildman–Crippen LogP) is 3.60. The van der Waals surface area contributed by atoms with E-state index in [4.69, 9.17) is 9.47 Å². The minimum absolute atomic E-state index is 0.437. The maximum atomic E-state index is 5.64. The van der Waals surface area contributed by atoms with E-state index in [1.54, 1.807) is 17.5 Å². The summed E-state index contributed by atoms with van der Waals surface area (Å²) in [5.41, 5.74) is 1.01. The highest BCUT2D eigenvalue weighted by Gasteiger charge is 2.02. The molecule has 0 aliphatic heterocycles. The summed E-state index contributed by atoms with van der Waals surface area (Å²) in [6, 6.07) is 13.5. The fraction of sp³-hybridized carbons (Fsp3) is 0.348. The lowest BCUT2D eigenvalue weighted by atomic mass is 10.3. The summed E-state index contributed by atoms with van der Waals surface area (Å²) in [6.45, 7) is 7.16. The van der Waals surface area contributed by atoms with Crippen molar-refractivity contribution < 1.29 is 9.47 Å². The molecule has 0 aliphatic carbocycles. The van der Waals surface area contributed by atoms with Gasteiger partial charge in [0, 0.05) is 42.8 Å². The van der Waals surface area contributed by atoms with E-state index in [0.717, 1.165) is 41.8 Å². The van der Waals surface area contributed by atoms with Gasteiger partial charge >= 0.3 is 0 Å². The molecule has 2 heterocycles. The number of aryl methyl sites for hydroxylation is 1. The molecule has 3 aromatic rings. The smallest absolute Gasteiger partial charge is 0.213 e. The second kappa shape index (κ2) is 12.5. The minimum atomic E-state index is 0.437. The van der Waals surface area contributed by atoms with Crippen molar-refractivity contribution in [3.8, 4) is 11.6 Å². The third kappa shape index (κ3) is 8.25. The molecule has 0 radical (unpaired) electrons. The highest BCUT2D eigenvalue weighted by molar-refractivity contribution is 7.11. The first-order chi connectivity index (χ1) is 15.2. The number of hydrogen-bond donors (Lipinski definition) is 2. The van der Waals surface area contributed by atoms with Gasteiger partial charge in [0.1, 0.15) is 19.0 Å². The van der Waals surface area contributed by atoms with Gasteiger partial charge in [-0.2, -0.15) is 0 Å². The number of aliphatic imine (C=N–C) groups is 1. The van der Waals surface area contributed by atoms with Crippen molar-refractivity contribution in [1.29, 1.82) is 0 Å². The van der Waals surface area contributed by atoms with Crippen LogP contribution < -0.4 is 20.1 Å². The maximum absolute atomic E-state index is 5.64. The number of rotatable bonds is 11. The monoisotopic (exact) mass is 439 g/mol. The number of ether oxygens (including phenoxy) is 2. The molecular formula is C23H29N5O2S. The van der Waals surface area contributed by atoms with Crippen molar-refractivity contribution >= 4 is 17.3 Å². The summed E-state index contributed by atoms with van der Waals surface area (Å²) in [7, 11) is 0. The van der Waals surface area contributed by atoms with Crippen LogP contribution in [0.3, 0.4) is 0 Å². The van der Waals surface area contributed by atoms with E-state index < -0.39 is 0 Å². The molecule has 0 unspecified atom stereocenters. The van der Waals surface area contributed by atoms with Gasteiger partial charge in [0.25, 0.3) is 0 Å². The Bertz CT molecular complexity index is 929. The first-order valence-electron chi connectivity index (χ1n) is 10.4. The fourth-order valence-corrected chi connectivity index (χ4v) is 3.52. The Morgan fingerprint density at radius 3 is 2.55 bits per heavy atom. The number of benzene rings is 1. The third-order valence-electron chi connectivity index (χ3n) is 4.21. The minimum Gasteiger partial charge on any atom is -0.490 e. The molecule has 0 atom stereocenters. The summed E-state index contributed by atoms with van der Waals surface area (Å²) in [5, 5.41) is 7.75. The van der Waals surface area contributed by atoms with Gasteiger partial charge < -0.3 is 20.1 Å². The number of para-hydroxylation sites is 1. The lowest BCUT2D eigenvalue weighted by Crippen LogP contribution is -2.38. The van der Waals surface area contributed by atoms with E-state index in [1.807, 2.05) is 48.7 Å². The van der Waals surface area contributed by atoms with Gasteiger partial charge in [-0.05, 0) is 31.5 Å². The molecule has 2 aromatic heterocycles. The summed E-state index contributed by atoms with van der Waals surface area (Å²) in [6.07, 6.45) is 4.58. The average Bonchev–Trinajstić information content (AvgIpc) is 3.21. The molecule has 2 N–H and O–H groups in total. The van der Waals surface area contributed by atoms with Crippen molar-refractivity contribution in [2.24, 2.45) is 4.99 Å². The number of aromatic nitrogens is 2. The van der Waals surface area contributed by atoms with Gasteiger partial charge in [0.2, 0.25) is 5.88 Å². The Labute approximate surface area is 187 Å². The number of guanidine groups is 1. The second-order valence-electron chi connectivity index (χ2n) is 6.75. The number of pyridine rings is 1. The standard InChI is InChI=1S/C23H29N5O2S/c1-3-24-23(25-12-11-22-27-15-18(2)31-22)28-17-19-9-10-21(26-16-19)30-14-13-29-20-7-5-4-6-8-20/h4-10,15-16H,3,11-14,17H2,1-2H3,(H2,24,25,28). The molecule has 0 aliphatic rings. The Morgan fingerprint density at radius 1 is 1.00 bits per heavy atom. The zero-order valence-corrected chi connectivity index (χ0v) is 18.8. The van der Waals surface area contributed by atoms with Gasteiger partial charge in [-0.3, -0.25) is 0 Å². The molecule has 3 rings (SSSR count). The van der Waals surface area contributed by atoms with E-state index in [1.165, 1.54) is 4.88 Å².